The first-order chi connectivity index (χ1) is 10.5. The van der Waals surface area contributed by atoms with E-state index in [2.05, 4.69) is 9.88 Å². The molecule has 2 fully saturated rings. The van der Waals surface area contributed by atoms with Crippen molar-refractivity contribution in [3.05, 3.63) is 32.6 Å². The number of aromatic amines is 2. The third-order valence-corrected chi connectivity index (χ3v) is 4.39. The average Bonchev–Trinajstić information content (AvgIpc) is 3.08. The number of nitrogens with one attached hydrogen (secondary N) is 2. The highest BCUT2D eigenvalue weighted by molar-refractivity contribution is 5.93. The first-order valence-corrected chi connectivity index (χ1v) is 7.53. The topological polar surface area (TPSA) is 109 Å². The molecule has 0 bridgehead atoms. The molecule has 8 nitrogen and oxygen atoms in total. The first-order valence-electron chi connectivity index (χ1n) is 7.53. The van der Waals surface area contributed by atoms with E-state index in [4.69, 9.17) is 0 Å². The standard InChI is InChI=1S/C14H20N4O4/c19-11-10(7-15-13(21)16-11)12(20)18-6-3-14(22,9-18)8-17-4-1-2-5-17/h7,22H,1-6,8-9H2,(H2,15,16,19,21)/t14-/m1/s1. The second kappa shape index (κ2) is 5.69. The molecule has 0 aromatic carbocycles. The quantitative estimate of drug-likeness (QED) is 0.645. The molecule has 2 aliphatic rings. The van der Waals surface area contributed by atoms with Crippen molar-refractivity contribution in [1.82, 2.24) is 19.8 Å². The number of carbonyl (C=O) groups is 1. The van der Waals surface area contributed by atoms with E-state index >= 15 is 0 Å². The Morgan fingerprint density at radius 3 is 2.68 bits per heavy atom. The molecule has 3 heterocycles. The van der Waals surface area contributed by atoms with Crippen LogP contribution in [0.2, 0.25) is 0 Å². The van der Waals surface area contributed by atoms with E-state index in [0.29, 0.717) is 19.5 Å². The maximum atomic E-state index is 12.4. The van der Waals surface area contributed by atoms with Gasteiger partial charge in [-0.25, -0.2) is 4.79 Å². The summed E-state index contributed by atoms with van der Waals surface area (Å²) in [5.41, 5.74) is -2.38. The molecule has 3 rings (SSSR count). The SMILES string of the molecule is O=C(c1c[nH]c(=O)[nH]c1=O)N1CC[C@@](O)(CN2CCCC2)C1. The lowest BCUT2D eigenvalue weighted by atomic mass is 10.0. The summed E-state index contributed by atoms with van der Waals surface area (Å²) in [5.74, 6) is -0.463. The molecule has 8 heteroatoms. The Morgan fingerprint density at radius 1 is 1.27 bits per heavy atom. The number of β-amino-alcohol motifs (C(OH)–C–C–N with tert-alkyl or cyclic N) is 1. The minimum atomic E-state index is -0.922. The fourth-order valence-corrected chi connectivity index (χ4v) is 3.25. The molecule has 1 aromatic rings. The largest absolute Gasteiger partial charge is 0.387 e. The minimum Gasteiger partial charge on any atom is -0.387 e. The Kier molecular flexibility index (Phi) is 3.88. The lowest BCUT2D eigenvalue weighted by molar-refractivity contribution is 0.0175. The van der Waals surface area contributed by atoms with Crippen LogP contribution in [0, 0.1) is 0 Å². The second-order valence-electron chi connectivity index (χ2n) is 6.17. The predicted molar refractivity (Wildman–Crippen MR) is 78.8 cm³/mol. The molecular formula is C14H20N4O4. The van der Waals surface area contributed by atoms with E-state index in [1.165, 1.54) is 4.90 Å². The molecule has 22 heavy (non-hydrogen) atoms. The zero-order chi connectivity index (χ0) is 15.7. The predicted octanol–water partition coefficient (Wildman–Crippen LogP) is -1.26. The summed E-state index contributed by atoms with van der Waals surface area (Å²) in [4.78, 5) is 43.1. The summed E-state index contributed by atoms with van der Waals surface area (Å²) >= 11 is 0. The number of aromatic nitrogens is 2. The van der Waals surface area contributed by atoms with Gasteiger partial charge in [-0.15, -0.1) is 0 Å². The summed E-state index contributed by atoms with van der Waals surface area (Å²) in [6, 6.07) is 0. The molecule has 3 N–H and O–H groups in total. The van der Waals surface area contributed by atoms with Gasteiger partial charge in [-0.2, -0.15) is 0 Å². The monoisotopic (exact) mass is 308 g/mol. The highest BCUT2D eigenvalue weighted by atomic mass is 16.3. The van der Waals surface area contributed by atoms with Crippen molar-refractivity contribution < 1.29 is 9.90 Å². The van der Waals surface area contributed by atoms with Crippen molar-refractivity contribution >= 4 is 5.91 Å². The highest BCUT2D eigenvalue weighted by Gasteiger charge is 2.40. The molecule has 0 saturated carbocycles. The van der Waals surface area contributed by atoms with Gasteiger partial charge in [0, 0.05) is 19.3 Å². The Balaban J connectivity index is 1.70. The second-order valence-corrected chi connectivity index (χ2v) is 6.17. The van der Waals surface area contributed by atoms with Crippen molar-refractivity contribution in [3.63, 3.8) is 0 Å². The molecule has 0 spiro atoms. The van der Waals surface area contributed by atoms with E-state index < -0.39 is 22.8 Å². The maximum Gasteiger partial charge on any atom is 0.325 e. The number of aliphatic hydroxyl groups is 1. The van der Waals surface area contributed by atoms with Gasteiger partial charge in [-0.05, 0) is 32.4 Å². The first kappa shape index (κ1) is 15.0. The van der Waals surface area contributed by atoms with Crippen molar-refractivity contribution in [3.8, 4) is 0 Å². The normalized spacial score (nSPS) is 25.8. The molecule has 1 atom stereocenters. The number of likely N-dealkylation sites (tertiary alicyclic amines) is 2. The number of hydrogen-bond donors (Lipinski definition) is 3. The summed E-state index contributed by atoms with van der Waals surface area (Å²) < 4.78 is 0. The van der Waals surface area contributed by atoms with Crippen LogP contribution >= 0.6 is 0 Å². The Bertz CT molecular complexity index is 676. The van der Waals surface area contributed by atoms with Crippen LogP contribution in [0.5, 0.6) is 0 Å². The Morgan fingerprint density at radius 2 is 2.00 bits per heavy atom. The molecule has 1 amide bonds. The van der Waals surface area contributed by atoms with Gasteiger partial charge in [-0.3, -0.25) is 14.6 Å². The van der Waals surface area contributed by atoms with Gasteiger partial charge in [0.2, 0.25) is 0 Å². The van der Waals surface area contributed by atoms with Crippen LogP contribution in [0.1, 0.15) is 29.6 Å². The molecule has 1 aromatic heterocycles. The fourth-order valence-electron chi connectivity index (χ4n) is 3.25. The number of hydrogen-bond acceptors (Lipinski definition) is 5. The van der Waals surface area contributed by atoms with Gasteiger partial charge in [0.15, 0.2) is 0 Å². The van der Waals surface area contributed by atoms with Crippen LogP contribution in [-0.2, 0) is 0 Å². The zero-order valence-electron chi connectivity index (χ0n) is 12.3. The van der Waals surface area contributed by atoms with E-state index in [1.54, 1.807) is 0 Å². The lowest BCUT2D eigenvalue weighted by Gasteiger charge is -2.28. The molecular weight excluding hydrogens is 288 g/mol. The Hall–Kier alpha value is -1.93. The molecule has 2 aliphatic heterocycles. The van der Waals surface area contributed by atoms with Crippen LogP contribution < -0.4 is 11.2 Å². The molecule has 0 unspecified atom stereocenters. The molecule has 0 radical (unpaired) electrons. The van der Waals surface area contributed by atoms with Crippen LogP contribution in [-0.4, -0.2) is 69.1 Å². The Labute approximate surface area is 126 Å². The number of H-pyrrole nitrogens is 2. The smallest absolute Gasteiger partial charge is 0.325 e. The average molecular weight is 308 g/mol. The fraction of sp³-hybridized carbons (Fsp3) is 0.643. The summed E-state index contributed by atoms with van der Waals surface area (Å²) in [6.45, 7) is 3.13. The van der Waals surface area contributed by atoms with Crippen LogP contribution in [0.15, 0.2) is 15.8 Å². The zero-order valence-corrected chi connectivity index (χ0v) is 12.3. The highest BCUT2D eigenvalue weighted by Crippen LogP contribution is 2.25. The van der Waals surface area contributed by atoms with Gasteiger partial charge < -0.3 is 19.9 Å². The summed E-state index contributed by atoms with van der Waals surface area (Å²) in [6.07, 6.45) is 3.91. The number of carbonyl (C=O) groups excluding carboxylic acids is 1. The van der Waals surface area contributed by atoms with Crippen molar-refractivity contribution in [2.75, 3.05) is 32.7 Å². The number of nitrogens with zero attached hydrogens (tertiary/aromatic N) is 2. The van der Waals surface area contributed by atoms with Gasteiger partial charge in [0.05, 0.1) is 12.1 Å². The third-order valence-electron chi connectivity index (χ3n) is 4.39. The third kappa shape index (κ3) is 2.97. The van der Waals surface area contributed by atoms with Crippen LogP contribution in [0.25, 0.3) is 0 Å². The van der Waals surface area contributed by atoms with E-state index in [1.807, 2.05) is 4.98 Å². The van der Waals surface area contributed by atoms with Gasteiger partial charge >= 0.3 is 5.69 Å². The van der Waals surface area contributed by atoms with Crippen LogP contribution in [0.4, 0.5) is 0 Å². The van der Waals surface area contributed by atoms with Gasteiger partial charge in [-0.1, -0.05) is 0 Å². The summed E-state index contributed by atoms with van der Waals surface area (Å²) in [7, 11) is 0. The number of rotatable bonds is 3. The maximum absolute atomic E-state index is 12.4. The summed E-state index contributed by atoms with van der Waals surface area (Å²) in [5, 5.41) is 10.7. The number of amides is 1. The van der Waals surface area contributed by atoms with Gasteiger partial charge in [0.1, 0.15) is 5.56 Å². The van der Waals surface area contributed by atoms with Gasteiger partial charge in [0.25, 0.3) is 11.5 Å². The van der Waals surface area contributed by atoms with Crippen molar-refractivity contribution in [2.24, 2.45) is 0 Å². The molecule has 0 aliphatic carbocycles. The van der Waals surface area contributed by atoms with E-state index in [9.17, 15) is 19.5 Å². The molecule has 2 saturated heterocycles. The van der Waals surface area contributed by atoms with Crippen molar-refractivity contribution in [1.29, 1.82) is 0 Å². The van der Waals surface area contributed by atoms with Crippen LogP contribution in [0.3, 0.4) is 0 Å². The minimum absolute atomic E-state index is 0.106. The van der Waals surface area contributed by atoms with Crippen molar-refractivity contribution in [2.45, 2.75) is 24.9 Å². The lowest BCUT2D eigenvalue weighted by Crippen LogP contribution is -2.45. The molecule has 120 valence electrons. The van der Waals surface area contributed by atoms with E-state index in [-0.39, 0.29) is 12.1 Å². The van der Waals surface area contributed by atoms with E-state index in [0.717, 1.165) is 32.1 Å².